The van der Waals surface area contributed by atoms with Gasteiger partial charge in [-0.15, -0.1) is 0 Å². The van der Waals surface area contributed by atoms with Crippen molar-refractivity contribution in [1.82, 2.24) is 25.1 Å². The summed E-state index contributed by atoms with van der Waals surface area (Å²) in [5.41, 5.74) is 9.23. The number of piperidine rings is 1. The van der Waals surface area contributed by atoms with Gasteiger partial charge < -0.3 is 15.6 Å². The Bertz CT molecular complexity index is 1700. The number of anilines is 1. The van der Waals surface area contributed by atoms with Crippen LogP contribution in [0.1, 0.15) is 12.0 Å². The Morgan fingerprint density at radius 1 is 1.11 bits per heavy atom. The van der Waals surface area contributed by atoms with Gasteiger partial charge in [0.1, 0.15) is 22.8 Å². The summed E-state index contributed by atoms with van der Waals surface area (Å²) in [6.45, 7) is 1.99. The zero-order valence-electron chi connectivity index (χ0n) is 19.4. The lowest BCUT2D eigenvalue weighted by molar-refractivity contribution is 0.533. The van der Waals surface area contributed by atoms with Crippen LogP contribution < -0.4 is 16.2 Å². The number of nitrogens with zero attached hydrogens (tertiary/aromatic N) is 4. The van der Waals surface area contributed by atoms with Crippen molar-refractivity contribution >= 4 is 27.8 Å². The Balaban J connectivity index is 1.22. The third-order valence-corrected chi connectivity index (χ3v) is 8.19. The normalized spacial score (nSPS) is 23.2. The maximum atomic E-state index is 14.7. The van der Waals surface area contributed by atoms with Crippen molar-refractivity contribution in [3.8, 4) is 11.3 Å². The molecule has 0 spiro atoms. The lowest BCUT2D eigenvalue weighted by Crippen LogP contribution is -2.32. The molecule has 1 saturated heterocycles. The number of pyridine rings is 1. The number of fused-ring (bicyclic) bond motifs is 3. The summed E-state index contributed by atoms with van der Waals surface area (Å²) in [6, 6.07) is 14.4. The van der Waals surface area contributed by atoms with Crippen molar-refractivity contribution in [3.05, 3.63) is 82.7 Å². The van der Waals surface area contributed by atoms with Crippen LogP contribution >= 0.6 is 0 Å². The van der Waals surface area contributed by atoms with Gasteiger partial charge >= 0.3 is 0 Å². The zero-order chi connectivity index (χ0) is 24.4. The van der Waals surface area contributed by atoms with E-state index < -0.39 is 0 Å². The molecule has 8 nitrogen and oxygen atoms in total. The highest BCUT2D eigenvalue weighted by molar-refractivity contribution is 6.01. The lowest BCUT2D eigenvalue weighted by Gasteiger charge is -2.26. The fourth-order valence-corrected chi connectivity index (χ4v) is 6.40. The zero-order valence-corrected chi connectivity index (χ0v) is 19.4. The molecule has 7 rings (SSSR count). The molecule has 1 saturated carbocycles. The number of H-pyrrole nitrogens is 2. The summed E-state index contributed by atoms with van der Waals surface area (Å²) in [5, 5.41) is 8.93. The van der Waals surface area contributed by atoms with Crippen LogP contribution in [0.25, 0.3) is 33.2 Å². The van der Waals surface area contributed by atoms with Crippen LogP contribution in [0.2, 0.25) is 0 Å². The summed E-state index contributed by atoms with van der Waals surface area (Å²) < 4.78 is 14.7. The summed E-state index contributed by atoms with van der Waals surface area (Å²) in [6.07, 6.45) is 4.33. The first-order chi connectivity index (χ1) is 17.6. The molecule has 1 aliphatic heterocycles. The Hall–Kier alpha value is -4.11. The molecule has 0 bridgehead atoms. The van der Waals surface area contributed by atoms with Crippen LogP contribution in [-0.2, 0) is 5.41 Å². The fraction of sp³-hybridized carbons (Fsp3) is 0.259. The summed E-state index contributed by atoms with van der Waals surface area (Å²) in [7, 11) is 0. The number of halogens is 1. The second-order valence-corrected chi connectivity index (χ2v) is 9.74. The molecular formula is C27H24FN7O. The van der Waals surface area contributed by atoms with Crippen LogP contribution in [-0.4, -0.2) is 44.8 Å². The minimum absolute atomic E-state index is 0.144. The molecule has 9 heteroatoms. The van der Waals surface area contributed by atoms with E-state index in [1.54, 1.807) is 24.5 Å². The second kappa shape index (κ2) is 7.69. The van der Waals surface area contributed by atoms with Gasteiger partial charge in [-0.05, 0) is 47.4 Å². The van der Waals surface area contributed by atoms with E-state index in [0.29, 0.717) is 34.7 Å². The topological polar surface area (TPSA) is 117 Å². The summed E-state index contributed by atoms with van der Waals surface area (Å²) in [4.78, 5) is 26.7. The van der Waals surface area contributed by atoms with Crippen LogP contribution in [0.5, 0.6) is 0 Å². The van der Waals surface area contributed by atoms with E-state index in [4.69, 9.17) is 15.7 Å². The number of aromatic nitrogens is 5. The molecule has 4 heterocycles. The van der Waals surface area contributed by atoms with Gasteiger partial charge in [0, 0.05) is 42.2 Å². The maximum Gasteiger partial charge on any atom is 0.255 e. The number of aromatic amines is 2. The average Bonchev–Trinajstić information content (AvgIpc) is 3.37. The van der Waals surface area contributed by atoms with Gasteiger partial charge in [-0.2, -0.15) is 5.10 Å². The molecule has 0 amide bonds. The van der Waals surface area contributed by atoms with Crippen molar-refractivity contribution in [1.29, 1.82) is 0 Å². The molecule has 3 atom stereocenters. The van der Waals surface area contributed by atoms with Gasteiger partial charge in [0.2, 0.25) is 0 Å². The lowest BCUT2D eigenvalue weighted by atomic mass is 9.91. The van der Waals surface area contributed by atoms with Gasteiger partial charge in [-0.1, -0.05) is 30.3 Å². The quantitative estimate of drug-likeness (QED) is 0.363. The van der Waals surface area contributed by atoms with E-state index in [0.717, 1.165) is 41.8 Å². The third kappa shape index (κ3) is 2.89. The molecule has 2 fully saturated rings. The number of nitrogens with one attached hydrogen (secondary N) is 2. The Morgan fingerprint density at radius 2 is 2.00 bits per heavy atom. The van der Waals surface area contributed by atoms with Crippen LogP contribution in [0.4, 0.5) is 10.2 Å². The average molecular weight is 482 g/mol. The molecule has 0 radical (unpaired) electrons. The SMILES string of the molecule is NC[C@]1(c2ccccc2F)[C@@H]2CCN(c3cnc4c(-c5cccc6c(=O)[nH]ccc56)n[nH]c4n3)C[C@@H]21. The van der Waals surface area contributed by atoms with E-state index in [9.17, 15) is 9.18 Å². The van der Waals surface area contributed by atoms with E-state index in [1.807, 2.05) is 30.3 Å². The minimum Gasteiger partial charge on any atom is -0.355 e. The number of hydrogen-bond donors (Lipinski definition) is 3. The first-order valence-corrected chi connectivity index (χ1v) is 12.1. The Kier molecular flexibility index (Phi) is 4.53. The van der Waals surface area contributed by atoms with E-state index >= 15 is 0 Å². The largest absolute Gasteiger partial charge is 0.355 e. The molecule has 2 aliphatic rings. The van der Waals surface area contributed by atoms with E-state index in [-0.39, 0.29) is 22.7 Å². The summed E-state index contributed by atoms with van der Waals surface area (Å²) in [5.74, 6) is 1.24. The van der Waals surface area contributed by atoms with Crippen molar-refractivity contribution < 1.29 is 4.39 Å². The summed E-state index contributed by atoms with van der Waals surface area (Å²) >= 11 is 0. The predicted octanol–water partition coefficient (Wildman–Crippen LogP) is 3.35. The van der Waals surface area contributed by atoms with Crippen LogP contribution in [0.3, 0.4) is 0 Å². The molecule has 5 aromatic rings. The smallest absolute Gasteiger partial charge is 0.255 e. The molecule has 180 valence electrons. The van der Waals surface area contributed by atoms with Crippen molar-refractivity contribution in [3.63, 3.8) is 0 Å². The fourth-order valence-electron chi connectivity index (χ4n) is 6.40. The molecule has 4 N–H and O–H groups in total. The van der Waals surface area contributed by atoms with Gasteiger partial charge in [0.25, 0.3) is 5.56 Å². The standard InChI is InChI=1S/C27H24FN7O/c28-21-7-2-1-6-19(21)27(14-29)18-9-11-35(13-20(18)27)22-12-31-24-23(33-34-25(24)32-22)16-4-3-5-17-15(16)8-10-30-26(17)36/h1-8,10,12,18,20H,9,11,13-14,29H2,(H,30,36)(H,32,33,34)/t18-,20+,27-/m1/s1. The number of hydrogen-bond acceptors (Lipinski definition) is 6. The second-order valence-electron chi connectivity index (χ2n) is 9.74. The molecule has 3 aromatic heterocycles. The first-order valence-electron chi connectivity index (χ1n) is 12.1. The van der Waals surface area contributed by atoms with Crippen molar-refractivity contribution in [2.24, 2.45) is 17.6 Å². The van der Waals surface area contributed by atoms with E-state index in [2.05, 4.69) is 20.1 Å². The first kappa shape index (κ1) is 21.2. The third-order valence-electron chi connectivity index (χ3n) is 8.19. The highest BCUT2D eigenvalue weighted by atomic mass is 19.1. The predicted molar refractivity (Wildman–Crippen MR) is 136 cm³/mol. The number of benzene rings is 2. The van der Waals surface area contributed by atoms with E-state index in [1.165, 1.54) is 6.07 Å². The Morgan fingerprint density at radius 3 is 2.86 bits per heavy atom. The molecule has 0 unspecified atom stereocenters. The van der Waals surface area contributed by atoms with Gasteiger partial charge in [-0.3, -0.25) is 9.89 Å². The minimum atomic E-state index is -0.314. The van der Waals surface area contributed by atoms with Crippen molar-refractivity contribution in [2.45, 2.75) is 11.8 Å². The molecular weight excluding hydrogens is 457 g/mol. The van der Waals surface area contributed by atoms with Gasteiger partial charge in [0.05, 0.1) is 6.20 Å². The molecule has 36 heavy (non-hydrogen) atoms. The van der Waals surface area contributed by atoms with Crippen LogP contribution in [0.15, 0.2) is 65.7 Å². The van der Waals surface area contributed by atoms with Gasteiger partial charge in [-0.25, -0.2) is 14.4 Å². The highest BCUT2D eigenvalue weighted by Gasteiger charge is 2.66. The highest BCUT2D eigenvalue weighted by Crippen LogP contribution is 2.63. The monoisotopic (exact) mass is 481 g/mol. The van der Waals surface area contributed by atoms with Gasteiger partial charge in [0.15, 0.2) is 5.65 Å². The number of rotatable bonds is 4. The van der Waals surface area contributed by atoms with Crippen LogP contribution in [0, 0.1) is 17.7 Å². The molecule has 2 aromatic carbocycles. The Labute approximate surface area is 205 Å². The number of nitrogens with two attached hydrogens (primary N) is 1. The maximum absolute atomic E-state index is 14.7. The van der Waals surface area contributed by atoms with Crippen molar-refractivity contribution in [2.75, 3.05) is 24.5 Å². The molecule has 1 aliphatic carbocycles.